The second-order valence-corrected chi connectivity index (χ2v) is 5.59. The molecule has 1 amide bonds. The second kappa shape index (κ2) is 6.70. The quantitative estimate of drug-likeness (QED) is 0.813. The Morgan fingerprint density at radius 1 is 1.37 bits per heavy atom. The summed E-state index contributed by atoms with van der Waals surface area (Å²) in [7, 11) is 0. The average Bonchev–Trinajstić information content (AvgIpc) is 2.93. The number of carbonyl (C=O) groups excluding carboxylic acids is 1. The lowest BCUT2D eigenvalue weighted by molar-refractivity contribution is -0.123. The van der Waals surface area contributed by atoms with E-state index in [1.54, 1.807) is 12.5 Å². The highest BCUT2D eigenvalue weighted by Gasteiger charge is 2.32. The Morgan fingerprint density at radius 2 is 2.16 bits per heavy atom. The smallest absolute Gasteiger partial charge is 0.220 e. The van der Waals surface area contributed by atoms with Gasteiger partial charge in [0.05, 0.1) is 6.33 Å². The van der Waals surface area contributed by atoms with Crippen molar-refractivity contribution >= 4 is 5.91 Å². The summed E-state index contributed by atoms with van der Waals surface area (Å²) < 4.78 is 1.96. The number of aromatic nitrogens is 2. The van der Waals surface area contributed by atoms with Crippen LogP contribution in [-0.4, -0.2) is 28.5 Å². The third kappa shape index (κ3) is 4.06. The van der Waals surface area contributed by atoms with Gasteiger partial charge >= 0.3 is 0 Å². The lowest BCUT2D eigenvalue weighted by atomic mass is 9.71. The van der Waals surface area contributed by atoms with Gasteiger partial charge < -0.3 is 15.6 Å². The summed E-state index contributed by atoms with van der Waals surface area (Å²) in [5, 5.41) is 2.98. The largest absolute Gasteiger partial charge is 0.354 e. The molecule has 0 radical (unpaired) electrons. The predicted molar refractivity (Wildman–Crippen MR) is 74.4 cm³/mol. The normalized spacial score (nSPS) is 18.2. The van der Waals surface area contributed by atoms with E-state index in [0.717, 1.165) is 19.4 Å². The molecule has 1 heterocycles. The minimum atomic E-state index is 0.0529. The van der Waals surface area contributed by atoms with Crippen LogP contribution in [0.15, 0.2) is 18.7 Å². The Labute approximate surface area is 114 Å². The molecule has 0 saturated heterocycles. The Bertz CT molecular complexity index is 382. The van der Waals surface area contributed by atoms with E-state index in [4.69, 9.17) is 5.73 Å². The van der Waals surface area contributed by atoms with Crippen LogP contribution in [0.3, 0.4) is 0 Å². The molecular weight excluding hydrogens is 240 g/mol. The van der Waals surface area contributed by atoms with E-state index < -0.39 is 0 Å². The van der Waals surface area contributed by atoms with Crippen molar-refractivity contribution in [2.75, 3.05) is 13.1 Å². The molecular formula is C14H24N4O. The first-order valence-electron chi connectivity index (χ1n) is 7.17. The van der Waals surface area contributed by atoms with Crippen LogP contribution in [0, 0.1) is 5.41 Å². The fourth-order valence-corrected chi connectivity index (χ4v) is 2.90. The maximum atomic E-state index is 12.0. The summed E-state index contributed by atoms with van der Waals surface area (Å²) >= 11 is 0. The lowest BCUT2D eigenvalue weighted by Crippen LogP contribution is -2.39. The van der Waals surface area contributed by atoms with Gasteiger partial charge in [-0.2, -0.15) is 0 Å². The van der Waals surface area contributed by atoms with Gasteiger partial charge in [0, 0.05) is 31.9 Å². The van der Waals surface area contributed by atoms with E-state index in [2.05, 4.69) is 10.3 Å². The Morgan fingerprint density at radius 3 is 2.79 bits per heavy atom. The molecule has 0 spiro atoms. The molecule has 0 aliphatic heterocycles. The molecule has 1 fully saturated rings. The molecule has 19 heavy (non-hydrogen) atoms. The first kappa shape index (κ1) is 14.1. The molecule has 1 aliphatic carbocycles. The number of rotatable bonds is 6. The van der Waals surface area contributed by atoms with Crippen LogP contribution in [0.4, 0.5) is 0 Å². The monoisotopic (exact) mass is 264 g/mol. The summed E-state index contributed by atoms with van der Waals surface area (Å²) in [5.41, 5.74) is 5.95. The average molecular weight is 264 g/mol. The van der Waals surface area contributed by atoms with E-state index in [1.807, 2.05) is 10.8 Å². The van der Waals surface area contributed by atoms with Gasteiger partial charge in [-0.25, -0.2) is 4.98 Å². The zero-order chi connectivity index (χ0) is 13.6. The van der Waals surface area contributed by atoms with Crippen molar-refractivity contribution in [3.63, 3.8) is 0 Å². The highest BCUT2D eigenvalue weighted by molar-refractivity contribution is 5.76. The molecule has 1 aromatic rings. The number of hydrogen-bond acceptors (Lipinski definition) is 3. The van der Waals surface area contributed by atoms with E-state index in [1.165, 1.54) is 19.3 Å². The molecule has 5 heteroatoms. The highest BCUT2D eigenvalue weighted by Crippen LogP contribution is 2.38. The summed E-state index contributed by atoms with van der Waals surface area (Å²) in [6, 6.07) is 0. The number of nitrogens with one attached hydrogen (secondary N) is 1. The van der Waals surface area contributed by atoms with Crippen molar-refractivity contribution in [1.82, 2.24) is 14.9 Å². The van der Waals surface area contributed by atoms with Crippen molar-refractivity contribution in [3.05, 3.63) is 18.7 Å². The van der Waals surface area contributed by atoms with Gasteiger partial charge in [-0.05, 0) is 24.8 Å². The number of carbonyl (C=O) groups is 1. The molecule has 1 saturated carbocycles. The molecule has 0 atom stereocenters. The van der Waals surface area contributed by atoms with E-state index in [-0.39, 0.29) is 11.3 Å². The zero-order valence-electron chi connectivity index (χ0n) is 11.5. The molecule has 3 N–H and O–H groups in total. The third-order valence-electron chi connectivity index (χ3n) is 4.13. The first-order valence-corrected chi connectivity index (χ1v) is 7.17. The van der Waals surface area contributed by atoms with Gasteiger partial charge in [-0.1, -0.05) is 19.3 Å². The van der Waals surface area contributed by atoms with E-state index in [9.17, 15) is 4.79 Å². The van der Waals surface area contributed by atoms with E-state index >= 15 is 0 Å². The summed E-state index contributed by atoms with van der Waals surface area (Å²) in [6.45, 7) is 2.04. The van der Waals surface area contributed by atoms with Gasteiger partial charge in [0.2, 0.25) is 5.91 Å². The molecule has 106 valence electrons. The van der Waals surface area contributed by atoms with Crippen LogP contribution in [-0.2, 0) is 11.3 Å². The topological polar surface area (TPSA) is 72.9 Å². The fraction of sp³-hybridized carbons (Fsp3) is 0.714. The molecule has 0 aromatic carbocycles. The number of nitrogens with two attached hydrogens (primary N) is 1. The van der Waals surface area contributed by atoms with Gasteiger partial charge in [-0.3, -0.25) is 4.79 Å². The van der Waals surface area contributed by atoms with Crippen LogP contribution in [0.2, 0.25) is 0 Å². The summed E-state index contributed by atoms with van der Waals surface area (Å²) in [6.07, 6.45) is 11.9. The Kier molecular flexibility index (Phi) is 4.96. The third-order valence-corrected chi connectivity index (χ3v) is 4.13. The second-order valence-electron chi connectivity index (χ2n) is 5.59. The highest BCUT2D eigenvalue weighted by atomic mass is 16.1. The van der Waals surface area contributed by atoms with Crippen molar-refractivity contribution in [1.29, 1.82) is 0 Å². The molecule has 1 aromatic heterocycles. The molecule has 5 nitrogen and oxygen atoms in total. The van der Waals surface area contributed by atoms with Crippen LogP contribution in [0.25, 0.3) is 0 Å². The van der Waals surface area contributed by atoms with Crippen molar-refractivity contribution < 1.29 is 4.79 Å². The van der Waals surface area contributed by atoms with Crippen LogP contribution < -0.4 is 11.1 Å². The number of hydrogen-bond donors (Lipinski definition) is 2. The van der Waals surface area contributed by atoms with Gasteiger partial charge in [-0.15, -0.1) is 0 Å². The van der Waals surface area contributed by atoms with Gasteiger partial charge in [0.25, 0.3) is 0 Å². The van der Waals surface area contributed by atoms with Crippen molar-refractivity contribution in [2.24, 2.45) is 11.1 Å². The van der Waals surface area contributed by atoms with Gasteiger partial charge in [0.15, 0.2) is 0 Å². The van der Waals surface area contributed by atoms with Crippen molar-refractivity contribution in [3.8, 4) is 0 Å². The number of nitrogens with zero attached hydrogens (tertiary/aromatic N) is 2. The van der Waals surface area contributed by atoms with Gasteiger partial charge in [0.1, 0.15) is 0 Å². The lowest BCUT2D eigenvalue weighted by Gasteiger charge is -2.35. The predicted octanol–water partition coefficient (Wildman–Crippen LogP) is 1.30. The minimum Gasteiger partial charge on any atom is -0.354 e. The number of imidazole rings is 1. The standard InChI is InChI=1S/C14H24N4O/c15-11-14(4-2-1-3-5-14)10-13(19)17-7-9-18-8-6-16-12-18/h6,8,12H,1-5,7,9-11,15H2,(H,17,19). The molecule has 0 unspecified atom stereocenters. The van der Waals surface area contributed by atoms with Crippen LogP contribution >= 0.6 is 0 Å². The molecule has 1 aliphatic rings. The minimum absolute atomic E-state index is 0.0529. The zero-order valence-corrected chi connectivity index (χ0v) is 11.5. The van der Waals surface area contributed by atoms with Crippen LogP contribution in [0.5, 0.6) is 0 Å². The summed E-state index contributed by atoms with van der Waals surface area (Å²) in [4.78, 5) is 16.0. The maximum absolute atomic E-state index is 12.0. The summed E-state index contributed by atoms with van der Waals surface area (Å²) in [5.74, 6) is 0.132. The Balaban J connectivity index is 1.73. The number of amides is 1. The molecule has 2 rings (SSSR count). The van der Waals surface area contributed by atoms with Crippen LogP contribution in [0.1, 0.15) is 38.5 Å². The van der Waals surface area contributed by atoms with E-state index in [0.29, 0.717) is 19.5 Å². The van der Waals surface area contributed by atoms with Crippen molar-refractivity contribution in [2.45, 2.75) is 45.1 Å². The SMILES string of the molecule is NCC1(CC(=O)NCCn2ccnc2)CCCCC1. The first-order chi connectivity index (χ1) is 9.24. The Hall–Kier alpha value is -1.36. The fourth-order valence-electron chi connectivity index (χ4n) is 2.90. The molecule has 0 bridgehead atoms. The maximum Gasteiger partial charge on any atom is 0.220 e.